The number of hydrogen-bond acceptors (Lipinski definition) is 4. The van der Waals surface area contributed by atoms with E-state index in [-0.39, 0.29) is 40.1 Å². The van der Waals surface area contributed by atoms with Crippen LogP contribution in [0.3, 0.4) is 0 Å². The van der Waals surface area contributed by atoms with Crippen LogP contribution in [-0.4, -0.2) is 44.3 Å². The Morgan fingerprint density at radius 2 is 1.64 bits per heavy atom. The van der Waals surface area contributed by atoms with Gasteiger partial charge in [0.05, 0.1) is 23.9 Å². The fraction of sp³-hybridized carbons (Fsp3) is 0.931. The van der Waals surface area contributed by atoms with E-state index in [0.29, 0.717) is 11.8 Å². The second kappa shape index (κ2) is 8.32. The molecule has 0 aromatic rings. The van der Waals surface area contributed by atoms with Gasteiger partial charge in [-0.3, -0.25) is 0 Å². The molecule has 4 heteroatoms. The molecule has 0 heterocycles. The second-order valence-corrected chi connectivity index (χ2v) is 14.0. The van der Waals surface area contributed by atoms with Crippen molar-refractivity contribution in [1.82, 2.24) is 0 Å². The Morgan fingerprint density at radius 3 is 2.27 bits per heavy atom. The molecule has 0 aliphatic heterocycles. The maximum absolute atomic E-state index is 11.6. The Labute approximate surface area is 201 Å². The highest BCUT2D eigenvalue weighted by atomic mass is 16.3. The average molecular weight is 463 g/mol. The van der Waals surface area contributed by atoms with Crippen molar-refractivity contribution in [1.29, 1.82) is 0 Å². The summed E-state index contributed by atoms with van der Waals surface area (Å²) in [5, 5.41) is 45.5. The number of allylic oxidation sites excluding steroid dienone is 2. The van der Waals surface area contributed by atoms with Crippen LogP contribution in [0.2, 0.25) is 0 Å². The SMILES string of the molecule is CC(C)=CCC[C@](C)(O)[C@@H]1CC[C@H]2[C@@H]1[C@H](O)C[C@H]1[C@@]3(C)CC[C@H](O)C(C)(C)[C@H]3[C@@H](O)C[C@]12C. The van der Waals surface area contributed by atoms with E-state index in [1.54, 1.807) is 0 Å². The Bertz CT molecular complexity index is 768. The number of hydrogen-bond donors (Lipinski definition) is 4. The first-order valence-electron chi connectivity index (χ1n) is 13.6. The Hall–Kier alpha value is -0.420. The van der Waals surface area contributed by atoms with Gasteiger partial charge in [-0.25, -0.2) is 0 Å². The summed E-state index contributed by atoms with van der Waals surface area (Å²) < 4.78 is 0. The van der Waals surface area contributed by atoms with E-state index in [9.17, 15) is 20.4 Å². The zero-order chi connectivity index (χ0) is 24.6. The van der Waals surface area contributed by atoms with Crippen LogP contribution in [0.15, 0.2) is 11.6 Å². The lowest BCUT2D eigenvalue weighted by molar-refractivity contribution is -0.253. The van der Waals surface area contributed by atoms with Crippen LogP contribution in [0.4, 0.5) is 0 Å². The van der Waals surface area contributed by atoms with Gasteiger partial charge in [-0.1, -0.05) is 39.3 Å². The Kier molecular flexibility index (Phi) is 6.47. The largest absolute Gasteiger partial charge is 0.393 e. The lowest BCUT2D eigenvalue weighted by Crippen LogP contribution is -2.67. The quantitative estimate of drug-likeness (QED) is 0.439. The molecular formula is C29H50O4. The van der Waals surface area contributed by atoms with Gasteiger partial charge in [0, 0.05) is 0 Å². The van der Waals surface area contributed by atoms with Gasteiger partial charge in [0.2, 0.25) is 0 Å². The standard InChI is InChI=1S/C29H50O4/c1-17(2)9-8-13-29(7,33)19-11-10-18-24(19)20(30)15-22-27(5)14-12-23(32)26(3,4)25(27)21(31)16-28(18,22)6/h9,18-25,30-33H,8,10-16H2,1-7H3/t18-,19+,20+,21-,22-,23-,24-,25+,27+,28-,29-/m0/s1. The van der Waals surface area contributed by atoms with Crippen molar-refractivity contribution < 1.29 is 20.4 Å². The van der Waals surface area contributed by atoms with Crippen molar-refractivity contribution >= 4 is 0 Å². The number of aliphatic hydroxyl groups excluding tert-OH is 3. The summed E-state index contributed by atoms with van der Waals surface area (Å²) in [6.07, 6.45) is 7.73. The molecule has 4 N–H and O–H groups in total. The minimum absolute atomic E-state index is 0.0416. The lowest BCUT2D eigenvalue weighted by Gasteiger charge is -2.69. The van der Waals surface area contributed by atoms with Gasteiger partial charge in [-0.05, 0) is 118 Å². The highest BCUT2D eigenvalue weighted by molar-refractivity contribution is 5.18. The fourth-order valence-electron chi connectivity index (χ4n) is 10.1. The van der Waals surface area contributed by atoms with Gasteiger partial charge in [0.25, 0.3) is 0 Å². The first-order valence-corrected chi connectivity index (χ1v) is 13.6. The number of fused-ring (bicyclic) bond motifs is 5. The van der Waals surface area contributed by atoms with E-state index in [1.165, 1.54) is 5.57 Å². The molecule has 190 valence electrons. The van der Waals surface area contributed by atoms with E-state index >= 15 is 0 Å². The highest BCUT2D eigenvalue weighted by Gasteiger charge is 2.69. The van der Waals surface area contributed by atoms with E-state index in [0.717, 1.165) is 51.4 Å². The predicted octanol–water partition coefficient (Wildman–Crippen LogP) is 5.08. The van der Waals surface area contributed by atoms with Crippen molar-refractivity contribution in [3.05, 3.63) is 11.6 Å². The molecule has 0 bridgehead atoms. The summed E-state index contributed by atoms with van der Waals surface area (Å²) in [5.74, 6) is 0.903. The van der Waals surface area contributed by atoms with Gasteiger partial charge in [0.15, 0.2) is 0 Å². The lowest BCUT2D eigenvalue weighted by atomic mass is 9.37. The number of aliphatic hydroxyl groups is 4. The average Bonchev–Trinajstić information content (AvgIpc) is 3.14. The van der Waals surface area contributed by atoms with Crippen LogP contribution in [0.1, 0.15) is 99.8 Å². The maximum atomic E-state index is 11.6. The summed E-state index contributed by atoms with van der Waals surface area (Å²) >= 11 is 0. The van der Waals surface area contributed by atoms with Crippen LogP contribution in [0.25, 0.3) is 0 Å². The zero-order valence-electron chi connectivity index (χ0n) is 22.1. The third kappa shape index (κ3) is 3.86. The molecule has 0 unspecified atom stereocenters. The minimum Gasteiger partial charge on any atom is -0.393 e. The van der Waals surface area contributed by atoms with E-state index < -0.39 is 17.8 Å². The molecule has 0 spiro atoms. The molecule has 0 amide bonds. The first-order chi connectivity index (χ1) is 15.2. The van der Waals surface area contributed by atoms with Crippen molar-refractivity contribution in [2.75, 3.05) is 0 Å². The number of rotatable bonds is 4. The summed E-state index contributed by atoms with van der Waals surface area (Å²) in [4.78, 5) is 0. The molecule has 0 aromatic carbocycles. The molecule has 0 saturated heterocycles. The van der Waals surface area contributed by atoms with E-state index in [1.807, 2.05) is 6.92 Å². The second-order valence-electron chi connectivity index (χ2n) is 14.0. The molecule has 0 aromatic heterocycles. The minimum atomic E-state index is -0.786. The third-order valence-corrected chi connectivity index (χ3v) is 11.4. The Balaban J connectivity index is 1.64. The molecule has 11 atom stereocenters. The summed E-state index contributed by atoms with van der Waals surface area (Å²) in [6, 6.07) is 0. The predicted molar refractivity (Wildman–Crippen MR) is 132 cm³/mol. The van der Waals surface area contributed by atoms with Crippen LogP contribution in [0.5, 0.6) is 0 Å². The van der Waals surface area contributed by atoms with Crippen LogP contribution >= 0.6 is 0 Å². The van der Waals surface area contributed by atoms with Crippen LogP contribution in [0, 0.1) is 45.8 Å². The van der Waals surface area contributed by atoms with Gasteiger partial charge >= 0.3 is 0 Å². The molecule has 33 heavy (non-hydrogen) atoms. The Morgan fingerprint density at radius 1 is 0.970 bits per heavy atom. The molecule has 4 rings (SSSR count). The molecule has 4 nitrogen and oxygen atoms in total. The monoisotopic (exact) mass is 462 g/mol. The van der Waals surface area contributed by atoms with Gasteiger partial charge in [-0.15, -0.1) is 0 Å². The fourth-order valence-corrected chi connectivity index (χ4v) is 10.1. The summed E-state index contributed by atoms with van der Waals surface area (Å²) in [7, 11) is 0. The topological polar surface area (TPSA) is 80.9 Å². The van der Waals surface area contributed by atoms with Gasteiger partial charge < -0.3 is 20.4 Å². The molecule has 4 fully saturated rings. The van der Waals surface area contributed by atoms with E-state index in [2.05, 4.69) is 47.6 Å². The molecular weight excluding hydrogens is 412 g/mol. The smallest absolute Gasteiger partial charge is 0.0654 e. The summed E-state index contributed by atoms with van der Waals surface area (Å²) in [6.45, 7) is 15.2. The van der Waals surface area contributed by atoms with Crippen LogP contribution in [-0.2, 0) is 0 Å². The van der Waals surface area contributed by atoms with E-state index in [4.69, 9.17) is 0 Å². The molecule has 0 radical (unpaired) electrons. The van der Waals surface area contributed by atoms with Crippen molar-refractivity contribution in [3.63, 3.8) is 0 Å². The third-order valence-electron chi connectivity index (χ3n) is 11.4. The van der Waals surface area contributed by atoms with Crippen molar-refractivity contribution in [3.8, 4) is 0 Å². The first kappa shape index (κ1) is 25.7. The molecule has 4 saturated carbocycles. The molecule has 4 aliphatic rings. The van der Waals surface area contributed by atoms with Crippen LogP contribution < -0.4 is 0 Å². The zero-order valence-corrected chi connectivity index (χ0v) is 22.1. The van der Waals surface area contributed by atoms with Crippen molar-refractivity contribution in [2.45, 2.75) is 124 Å². The normalized spacial score (nSPS) is 50.5. The highest BCUT2D eigenvalue weighted by Crippen LogP contribution is 2.71. The maximum Gasteiger partial charge on any atom is 0.0654 e. The summed E-state index contributed by atoms with van der Waals surface area (Å²) in [5.41, 5.74) is 0.0277. The van der Waals surface area contributed by atoms with Crippen molar-refractivity contribution in [2.24, 2.45) is 45.8 Å². The van der Waals surface area contributed by atoms with Gasteiger partial charge in [-0.2, -0.15) is 0 Å². The van der Waals surface area contributed by atoms with Gasteiger partial charge in [0.1, 0.15) is 0 Å². The molecule has 4 aliphatic carbocycles.